The van der Waals surface area contributed by atoms with Crippen LogP contribution in [-0.4, -0.2) is 33.5 Å². The molecular weight excluding hydrogens is 230 g/mol. The van der Waals surface area contributed by atoms with Crippen molar-refractivity contribution in [3.05, 3.63) is 12.2 Å². The van der Waals surface area contributed by atoms with Gasteiger partial charge < -0.3 is 4.74 Å². The molecule has 2 amide bonds. The van der Waals surface area contributed by atoms with Gasteiger partial charge in [-0.05, 0) is 34.6 Å². The van der Waals surface area contributed by atoms with E-state index in [1.807, 2.05) is 46.8 Å². The summed E-state index contributed by atoms with van der Waals surface area (Å²) in [6.07, 6.45) is 3.87. The molecule has 3 aliphatic rings. The highest BCUT2D eigenvalue weighted by Gasteiger charge is 2.71. The van der Waals surface area contributed by atoms with Crippen LogP contribution >= 0.6 is 0 Å². The molecule has 2 fully saturated rings. The molecule has 0 saturated carbocycles. The van der Waals surface area contributed by atoms with Crippen molar-refractivity contribution >= 4 is 11.8 Å². The van der Waals surface area contributed by atoms with E-state index in [4.69, 9.17) is 4.74 Å². The van der Waals surface area contributed by atoms with Gasteiger partial charge in [-0.25, -0.2) is 0 Å². The van der Waals surface area contributed by atoms with Gasteiger partial charge in [0, 0.05) is 5.54 Å². The van der Waals surface area contributed by atoms with Crippen molar-refractivity contribution in [1.29, 1.82) is 0 Å². The molecule has 98 valence electrons. The minimum Gasteiger partial charge on any atom is -0.359 e. The molecular formula is C14H19NO3. The number of imide groups is 1. The fraction of sp³-hybridized carbons (Fsp3) is 0.714. The highest BCUT2D eigenvalue weighted by atomic mass is 16.5. The van der Waals surface area contributed by atoms with Crippen LogP contribution in [0.25, 0.3) is 0 Å². The van der Waals surface area contributed by atoms with E-state index in [1.54, 1.807) is 0 Å². The molecule has 3 rings (SSSR count). The van der Waals surface area contributed by atoms with Crippen LogP contribution in [0.5, 0.6) is 0 Å². The number of ether oxygens (including phenoxy) is 1. The third-order valence-electron chi connectivity index (χ3n) is 4.40. The Morgan fingerprint density at radius 3 is 1.78 bits per heavy atom. The Hall–Kier alpha value is -1.16. The lowest BCUT2D eigenvalue weighted by Gasteiger charge is -2.33. The Balaban J connectivity index is 2.11. The van der Waals surface area contributed by atoms with E-state index in [0.29, 0.717) is 0 Å². The first-order chi connectivity index (χ1) is 8.10. The van der Waals surface area contributed by atoms with Gasteiger partial charge in [0.1, 0.15) is 0 Å². The van der Waals surface area contributed by atoms with Crippen molar-refractivity contribution in [2.24, 2.45) is 11.8 Å². The van der Waals surface area contributed by atoms with Crippen molar-refractivity contribution in [2.75, 3.05) is 0 Å². The summed E-state index contributed by atoms with van der Waals surface area (Å²) in [6.45, 7) is 9.48. The average molecular weight is 249 g/mol. The summed E-state index contributed by atoms with van der Waals surface area (Å²) in [7, 11) is 0. The molecule has 4 atom stereocenters. The first-order valence-corrected chi connectivity index (χ1v) is 6.39. The van der Waals surface area contributed by atoms with Crippen molar-refractivity contribution in [3.63, 3.8) is 0 Å². The van der Waals surface area contributed by atoms with Gasteiger partial charge in [-0.2, -0.15) is 0 Å². The normalized spacial score (nSPS) is 46.2. The van der Waals surface area contributed by atoms with Crippen LogP contribution in [0, 0.1) is 11.8 Å². The number of rotatable bonds is 0. The third-order valence-corrected chi connectivity index (χ3v) is 4.40. The molecule has 18 heavy (non-hydrogen) atoms. The van der Waals surface area contributed by atoms with Crippen LogP contribution in [0.4, 0.5) is 0 Å². The third kappa shape index (κ3) is 1.14. The maximum absolute atomic E-state index is 12.6. The maximum Gasteiger partial charge on any atom is 0.236 e. The zero-order chi connectivity index (χ0) is 13.5. The first-order valence-electron chi connectivity index (χ1n) is 6.39. The van der Waals surface area contributed by atoms with Gasteiger partial charge in [0.15, 0.2) is 0 Å². The number of carbonyl (C=O) groups excluding carboxylic acids is 2. The van der Waals surface area contributed by atoms with Crippen LogP contribution in [0.1, 0.15) is 34.6 Å². The summed E-state index contributed by atoms with van der Waals surface area (Å²) in [5.41, 5.74) is -1.71. The quantitative estimate of drug-likeness (QED) is 0.483. The number of nitrogens with zero attached hydrogens (tertiary/aromatic N) is 1. The second-order valence-electron chi connectivity index (χ2n) is 6.94. The van der Waals surface area contributed by atoms with Crippen LogP contribution in [-0.2, 0) is 14.3 Å². The van der Waals surface area contributed by atoms with Crippen molar-refractivity contribution in [2.45, 2.75) is 51.4 Å². The Labute approximate surface area is 107 Å². The van der Waals surface area contributed by atoms with Crippen LogP contribution < -0.4 is 0 Å². The summed E-state index contributed by atoms with van der Waals surface area (Å²) < 4.78 is 5.94. The molecule has 0 aromatic carbocycles. The van der Waals surface area contributed by atoms with E-state index in [1.165, 1.54) is 4.90 Å². The van der Waals surface area contributed by atoms with E-state index in [2.05, 4.69) is 0 Å². The van der Waals surface area contributed by atoms with E-state index < -0.39 is 16.7 Å². The zero-order valence-electron chi connectivity index (χ0n) is 11.5. The van der Waals surface area contributed by atoms with Gasteiger partial charge in [-0.15, -0.1) is 0 Å². The lowest BCUT2D eigenvalue weighted by molar-refractivity contribution is -0.151. The SMILES string of the molecule is CC12C=CC(C)(O1)C1C(=O)N(C(C)(C)C)C(=O)C12. The van der Waals surface area contributed by atoms with Gasteiger partial charge in [0.2, 0.25) is 11.8 Å². The van der Waals surface area contributed by atoms with Gasteiger partial charge in [0.05, 0.1) is 23.0 Å². The Morgan fingerprint density at radius 2 is 1.44 bits per heavy atom. The monoisotopic (exact) mass is 249 g/mol. The number of carbonyl (C=O) groups is 2. The number of likely N-dealkylation sites (tertiary alicyclic amines) is 1. The average Bonchev–Trinajstić information content (AvgIpc) is 2.71. The number of fused-ring (bicyclic) bond motifs is 5. The summed E-state index contributed by atoms with van der Waals surface area (Å²) in [6, 6.07) is 0. The lowest BCUT2D eigenvalue weighted by Crippen LogP contribution is -2.49. The molecule has 4 heteroatoms. The van der Waals surface area contributed by atoms with Crippen LogP contribution in [0.15, 0.2) is 12.2 Å². The van der Waals surface area contributed by atoms with Crippen molar-refractivity contribution in [1.82, 2.24) is 4.90 Å². The minimum atomic E-state index is -0.619. The van der Waals surface area contributed by atoms with Gasteiger partial charge in [0.25, 0.3) is 0 Å². The molecule has 0 aromatic heterocycles. The zero-order valence-corrected chi connectivity index (χ0v) is 11.5. The van der Waals surface area contributed by atoms with E-state index >= 15 is 0 Å². The second-order valence-corrected chi connectivity index (χ2v) is 6.94. The summed E-state index contributed by atoms with van der Waals surface area (Å²) in [5.74, 6) is -0.903. The largest absolute Gasteiger partial charge is 0.359 e. The molecule has 0 aliphatic carbocycles. The van der Waals surface area contributed by atoms with Gasteiger partial charge in [-0.1, -0.05) is 12.2 Å². The van der Waals surface area contributed by atoms with E-state index in [-0.39, 0.29) is 23.7 Å². The molecule has 3 aliphatic heterocycles. The molecule has 0 radical (unpaired) electrons. The van der Waals surface area contributed by atoms with Crippen LogP contribution in [0.2, 0.25) is 0 Å². The molecule has 4 unspecified atom stereocenters. The second kappa shape index (κ2) is 2.87. The van der Waals surface area contributed by atoms with Gasteiger partial charge >= 0.3 is 0 Å². The van der Waals surface area contributed by atoms with Crippen LogP contribution in [0.3, 0.4) is 0 Å². The molecule has 0 aromatic rings. The first kappa shape index (κ1) is 11.9. The minimum absolute atomic E-state index is 0.0897. The maximum atomic E-state index is 12.6. The highest BCUT2D eigenvalue weighted by molar-refractivity contribution is 6.08. The number of amides is 2. The Kier molecular flexibility index (Phi) is 1.90. The van der Waals surface area contributed by atoms with Crippen molar-refractivity contribution < 1.29 is 14.3 Å². The fourth-order valence-electron chi connectivity index (χ4n) is 3.69. The van der Waals surface area contributed by atoms with E-state index in [0.717, 1.165) is 0 Å². The predicted molar refractivity (Wildman–Crippen MR) is 65.6 cm³/mol. The Morgan fingerprint density at radius 1 is 1.06 bits per heavy atom. The summed E-state index contributed by atoms with van der Waals surface area (Å²) >= 11 is 0. The topological polar surface area (TPSA) is 46.6 Å². The number of hydrogen-bond acceptors (Lipinski definition) is 3. The standard InChI is InChI=1S/C14H19NO3/c1-12(2,3)15-10(16)8-9(11(15)17)14(5)7-6-13(8,4)18-14/h6-9H,1-5H3. The van der Waals surface area contributed by atoms with Gasteiger partial charge in [-0.3, -0.25) is 14.5 Å². The molecule has 0 spiro atoms. The fourth-order valence-corrected chi connectivity index (χ4v) is 3.69. The molecule has 0 N–H and O–H groups in total. The summed E-state index contributed by atoms with van der Waals surface area (Å²) in [5, 5.41) is 0. The lowest BCUT2D eigenvalue weighted by atomic mass is 9.73. The molecule has 3 heterocycles. The summed E-state index contributed by atoms with van der Waals surface area (Å²) in [4.78, 5) is 26.6. The van der Waals surface area contributed by atoms with Crippen molar-refractivity contribution in [3.8, 4) is 0 Å². The molecule has 2 bridgehead atoms. The smallest absolute Gasteiger partial charge is 0.236 e. The Bertz CT molecular complexity index is 454. The number of hydrogen-bond donors (Lipinski definition) is 0. The highest BCUT2D eigenvalue weighted by Crippen LogP contribution is 2.57. The molecule has 2 saturated heterocycles. The molecule has 4 nitrogen and oxygen atoms in total. The predicted octanol–water partition coefficient (Wildman–Crippen LogP) is 1.50. The van der Waals surface area contributed by atoms with E-state index in [9.17, 15) is 9.59 Å².